The molecular formula is C30H24F3NO7. The van der Waals surface area contributed by atoms with Crippen LogP contribution < -0.4 is 19.1 Å². The first-order chi connectivity index (χ1) is 19.6. The van der Waals surface area contributed by atoms with E-state index < -0.39 is 30.8 Å². The number of alkyl halides is 3. The van der Waals surface area contributed by atoms with Gasteiger partial charge in [0.25, 0.3) is 5.91 Å². The molecule has 0 saturated carbocycles. The number of hydrogen-bond donors (Lipinski definition) is 1. The highest BCUT2D eigenvalue weighted by molar-refractivity contribution is 6.04. The summed E-state index contributed by atoms with van der Waals surface area (Å²) >= 11 is 0. The lowest BCUT2D eigenvalue weighted by Crippen LogP contribution is -2.33. The number of aliphatic hydroxyl groups excluding tert-OH is 1. The molecule has 1 amide bonds. The van der Waals surface area contributed by atoms with Crippen molar-refractivity contribution >= 4 is 29.6 Å². The molecule has 1 unspecified atom stereocenters. The average molecular weight is 568 g/mol. The first kappa shape index (κ1) is 29.1. The van der Waals surface area contributed by atoms with E-state index in [1.54, 1.807) is 36.4 Å². The predicted molar refractivity (Wildman–Crippen MR) is 142 cm³/mol. The third-order valence-electron chi connectivity index (χ3n) is 5.71. The Hall–Kier alpha value is -4.90. The molecule has 0 radical (unpaired) electrons. The number of carbonyl (C=O) groups is 3. The smallest absolute Gasteiger partial charge is 0.389 e. The molecule has 212 valence electrons. The van der Waals surface area contributed by atoms with Crippen LogP contribution in [0, 0.1) is 0 Å². The maximum atomic E-state index is 12.4. The van der Waals surface area contributed by atoms with E-state index in [2.05, 4.69) is 0 Å². The van der Waals surface area contributed by atoms with Crippen LogP contribution in [-0.2, 0) is 9.59 Å². The Bertz CT molecular complexity index is 1430. The van der Waals surface area contributed by atoms with Gasteiger partial charge in [-0.15, -0.1) is 0 Å². The van der Waals surface area contributed by atoms with Gasteiger partial charge in [-0.05, 0) is 84.8 Å². The monoisotopic (exact) mass is 567 g/mol. The van der Waals surface area contributed by atoms with E-state index in [4.69, 9.17) is 14.2 Å². The standard InChI is InChI=1S/C30H24F3NO7/c31-30(32,33)18-1-19-39-23-11-5-21(6-12-23)29(38)41-25-9-2-20(3-10-25)4-17-28(37)40-24-13-7-22(8-14-24)34-26(35)15-16-27(34)36/h2-17,26,35H,1,18-19H2/b17-4+. The summed E-state index contributed by atoms with van der Waals surface area (Å²) in [4.78, 5) is 37.6. The summed E-state index contributed by atoms with van der Waals surface area (Å²) in [7, 11) is 0. The van der Waals surface area contributed by atoms with E-state index in [-0.39, 0.29) is 36.0 Å². The summed E-state index contributed by atoms with van der Waals surface area (Å²) in [5.74, 6) is -0.772. The molecule has 3 aromatic rings. The highest BCUT2D eigenvalue weighted by atomic mass is 19.4. The molecular weight excluding hydrogens is 543 g/mol. The van der Waals surface area contributed by atoms with Gasteiger partial charge in [-0.25, -0.2) is 9.59 Å². The quantitative estimate of drug-likeness (QED) is 0.150. The summed E-state index contributed by atoms with van der Waals surface area (Å²) in [6.07, 6.45) is -0.997. The maximum absolute atomic E-state index is 12.4. The van der Waals surface area contributed by atoms with Gasteiger partial charge in [0.15, 0.2) is 6.23 Å². The van der Waals surface area contributed by atoms with Crippen LogP contribution >= 0.6 is 0 Å². The van der Waals surface area contributed by atoms with Crippen molar-refractivity contribution in [2.24, 2.45) is 0 Å². The first-order valence-electron chi connectivity index (χ1n) is 12.4. The van der Waals surface area contributed by atoms with Crippen molar-refractivity contribution in [1.29, 1.82) is 0 Å². The number of carbonyl (C=O) groups excluding carboxylic acids is 3. The third kappa shape index (κ3) is 8.54. The third-order valence-corrected chi connectivity index (χ3v) is 5.71. The second kappa shape index (κ2) is 13.0. The van der Waals surface area contributed by atoms with Crippen LogP contribution in [0.15, 0.2) is 91.0 Å². The molecule has 41 heavy (non-hydrogen) atoms. The predicted octanol–water partition coefficient (Wildman–Crippen LogP) is 5.47. The zero-order chi connectivity index (χ0) is 29.4. The molecule has 11 heteroatoms. The number of esters is 2. The molecule has 1 atom stereocenters. The number of benzene rings is 3. The van der Waals surface area contributed by atoms with E-state index >= 15 is 0 Å². The van der Waals surface area contributed by atoms with Crippen molar-refractivity contribution in [1.82, 2.24) is 0 Å². The fraction of sp³-hybridized carbons (Fsp3) is 0.167. The Balaban J connectivity index is 1.23. The Morgan fingerprint density at radius 3 is 2.10 bits per heavy atom. The first-order valence-corrected chi connectivity index (χ1v) is 12.4. The van der Waals surface area contributed by atoms with Crippen LogP contribution in [0.3, 0.4) is 0 Å². The summed E-state index contributed by atoms with van der Waals surface area (Å²) in [5.41, 5.74) is 1.32. The van der Waals surface area contributed by atoms with Crippen molar-refractivity contribution in [3.8, 4) is 17.2 Å². The van der Waals surface area contributed by atoms with E-state index in [9.17, 15) is 32.7 Å². The molecule has 0 spiro atoms. The van der Waals surface area contributed by atoms with Crippen molar-refractivity contribution < 1.29 is 46.9 Å². The minimum Gasteiger partial charge on any atom is -0.494 e. The number of halogens is 3. The molecule has 0 aromatic heterocycles. The number of hydrogen-bond acceptors (Lipinski definition) is 7. The lowest BCUT2D eigenvalue weighted by atomic mass is 10.2. The number of nitrogens with zero attached hydrogens (tertiary/aromatic N) is 1. The van der Waals surface area contributed by atoms with Crippen LogP contribution in [0.1, 0.15) is 28.8 Å². The van der Waals surface area contributed by atoms with Gasteiger partial charge >= 0.3 is 18.1 Å². The molecule has 0 bridgehead atoms. The van der Waals surface area contributed by atoms with Gasteiger partial charge in [0.1, 0.15) is 17.2 Å². The van der Waals surface area contributed by atoms with Gasteiger partial charge in [-0.3, -0.25) is 9.69 Å². The normalized spacial score (nSPS) is 14.9. The highest BCUT2D eigenvalue weighted by Gasteiger charge is 2.26. The van der Waals surface area contributed by atoms with Gasteiger partial charge in [0.05, 0.1) is 12.2 Å². The van der Waals surface area contributed by atoms with Crippen molar-refractivity contribution in [2.75, 3.05) is 11.5 Å². The van der Waals surface area contributed by atoms with Crippen LogP contribution in [0.4, 0.5) is 18.9 Å². The summed E-state index contributed by atoms with van der Waals surface area (Å²) in [6.45, 7) is -0.0964. The fourth-order valence-electron chi connectivity index (χ4n) is 3.70. The zero-order valence-corrected chi connectivity index (χ0v) is 21.4. The SMILES string of the molecule is O=C(/C=C/c1ccc(OC(=O)c2ccc(OCCCC(F)(F)F)cc2)cc1)Oc1ccc(N2C(=O)C=CC2O)cc1. The number of rotatable bonds is 10. The Morgan fingerprint density at radius 1 is 0.878 bits per heavy atom. The molecule has 0 fully saturated rings. The molecule has 0 saturated heterocycles. The number of amides is 1. The van der Waals surface area contributed by atoms with Crippen LogP contribution in [0.2, 0.25) is 0 Å². The molecule has 3 aromatic carbocycles. The molecule has 1 N–H and O–H groups in total. The maximum Gasteiger partial charge on any atom is 0.389 e. The van der Waals surface area contributed by atoms with E-state index in [1.807, 2.05) is 0 Å². The summed E-state index contributed by atoms with van der Waals surface area (Å²) in [5, 5.41) is 9.85. The van der Waals surface area contributed by atoms with Gasteiger partial charge in [0.2, 0.25) is 0 Å². The molecule has 0 aliphatic carbocycles. The lowest BCUT2D eigenvalue weighted by Gasteiger charge is -2.20. The fourth-order valence-corrected chi connectivity index (χ4v) is 3.70. The topological polar surface area (TPSA) is 102 Å². The van der Waals surface area contributed by atoms with E-state index in [0.29, 0.717) is 17.0 Å². The average Bonchev–Trinajstić information content (AvgIpc) is 3.28. The Kier molecular flexibility index (Phi) is 9.20. The van der Waals surface area contributed by atoms with Crippen LogP contribution in [0.5, 0.6) is 17.2 Å². The van der Waals surface area contributed by atoms with Crippen molar-refractivity contribution in [3.05, 3.63) is 102 Å². The number of ether oxygens (including phenoxy) is 3. The van der Waals surface area contributed by atoms with Gasteiger partial charge in [0, 0.05) is 24.3 Å². The number of aliphatic hydroxyl groups is 1. The Morgan fingerprint density at radius 2 is 1.49 bits per heavy atom. The van der Waals surface area contributed by atoms with Crippen molar-refractivity contribution in [2.45, 2.75) is 25.2 Å². The van der Waals surface area contributed by atoms with Crippen LogP contribution in [0.25, 0.3) is 6.08 Å². The van der Waals surface area contributed by atoms with Crippen LogP contribution in [-0.4, -0.2) is 42.0 Å². The minimum atomic E-state index is -4.23. The lowest BCUT2D eigenvalue weighted by molar-refractivity contribution is -0.136. The largest absolute Gasteiger partial charge is 0.494 e. The summed E-state index contributed by atoms with van der Waals surface area (Å²) in [6, 6.07) is 18.3. The highest BCUT2D eigenvalue weighted by Crippen LogP contribution is 2.25. The summed E-state index contributed by atoms with van der Waals surface area (Å²) < 4.78 is 52.4. The molecule has 8 nitrogen and oxygen atoms in total. The number of anilines is 1. The molecule has 1 heterocycles. The zero-order valence-electron chi connectivity index (χ0n) is 21.4. The Labute approximate surface area is 232 Å². The van der Waals surface area contributed by atoms with Gasteiger partial charge in [-0.1, -0.05) is 12.1 Å². The molecule has 4 rings (SSSR count). The second-order valence-electron chi connectivity index (χ2n) is 8.78. The van der Waals surface area contributed by atoms with E-state index in [0.717, 1.165) is 0 Å². The van der Waals surface area contributed by atoms with E-state index in [1.165, 1.54) is 65.6 Å². The molecule has 1 aliphatic heterocycles. The second-order valence-corrected chi connectivity index (χ2v) is 8.78. The van der Waals surface area contributed by atoms with Gasteiger partial charge in [-0.2, -0.15) is 13.2 Å². The van der Waals surface area contributed by atoms with Gasteiger partial charge < -0.3 is 19.3 Å². The minimum absolute atomic E-state index is 0.0964. The van der Waals surface area contributed by atoms with Crippen molar-refractivity contribution in [3.63, 3.8) is 0 Å². The molecule has 1 aliphatic rings.